The Balaban J connectivity index is 1.64. The Morgan fingerprint density at radius 2 is 1.89 bits per heavy atom. The highest BCUT2D eigenvalue weighted by atomic mass is 16.5. The molecule has 1 heterocycles. The van der Waals surface area contributed by atoms with Gasteiger partial charge < -0.3 is 24.3 Å². The van der Waals surface area contributed by atoms with Gasteiger partial charge in [-0.15, -0.1) is 0 Å². The van der Waals surface area contributed by atoms with Crippen molar-refractivity contribution in [3.05, 3.63) is 72.1 Å². The first-order valence-electron chi connectivity index (χ1n) is 12.8. The second-order valence-electron chi connectivity index (χ2n) is 9.30. The zero-order valence-corrected chi connectivity index (χ0v) is 21.9. The molecule has 2 unspecified atom stereocenters. The van der Waals surface area contributed by atoms with E-state index >= 15 is 0 Å². The fourth-order valence-electron chi connectivity index (χ4n) is 4.43. The topological polar surface area (TPSA) is 97.9 Å². The van der Waals surface area contributed by atoms with Gasteiger partial charge in [-0.3, -0.25) is 9.59 Å². The number of ketones is 1. The zero-order chi connectivity index (χ0) is 26.6. The summed E-state index contributed by atoms with van der Waals surface area (Å²) in [5.41, 5.74) is 2.08. The van der Waals surface area contributed by atoms with Gasteiger partial charge in [-0.2, -0.15) is 0 Å². The maximum absolute atomic E-state index is 13.0. The van der Waals surface area contributed by atoms with Crippen LogP contribution >= 0.6 is 0 Å². The summed E-state index contributed by atoms with van der Waals surface area (Å²) in [6.45, 7) is 3.53. The number of unbranched alkanes of at least 4 members (excludes halogenated alkanes) is 1. The molecule has 0 saturated heterocycles. The van der Waals surface area contributed by atoms with E-state index in [9.17, 15) is 14.7 Å². The van der Waals surface area contributed by atoms with Crippen LogP contribution in [0.2, 0.25) is 0 Å². The van der Waals surface area contributed by atoms with Crippen molar-refractivity contribution >= 4 is 11.8 Å². The first-order valence-corrected chi connectivity index (χ1v) is 12.8. The van der Waals surface area contributed by atoms with E-state index < -0.39 is 6.10 Å². The van der Waals surface area contributed by atoms with Crippen LogP contribution in [0, 0.1) is 5.92 Å². The smallest absolute Gasteiger partial charge is 0.302 e. The Kier molecular flexibility index (Phi) is 10.6. The summed E-state index contributed by atoms with van der Waals surface area (Å²) in [6, 6.07) is 14.1. The number of aromatic nitrogens is 1. The quantitative estimate of drug-likeness (QED) is 0.231. The van der Waals surface area contributed by atoms with E-state index in [0.717, 1.165) is 36.8 Å². The predicted molar refractivity (Wildman–Crippen MR) is 142 cm³/mol. The number of phenolic OH excluding ortho intramolecular Hbond substituents is 1. The molecule has 0 saturated carbocycles. The van der Waals surface area contributed by atoms with Crippen LogP contribution in [-0.4, -0.2) is 35.1 Å². The molecule has 0 spiro atoms. The van der Waals surface area contributed by atoms with E-state index in [1.54, 1.807) is 31.4 Å². The van der Waals surface area contributed by atoms with Crippen molar-refractivity contribution in [2.24, 2.45) is 5.92 Å². The predicted octanol–water partition coefficient (Wildman–Crippen LogP) is 6.39. The van der Waals surface area contributed by atoms with Crippen molar-refractivity contribution in [1.82, 2.24) is 4.98 Å². The van der Waals surface area contributed by atoms with Crippen LogP contribution in [0.5, 0.6) is 23.0 Å². The molecule has 0 radical (unpaired) electrons. The molecule has 198 valence electrons. The number of Topliss-reactive ketones (excluding diaryl/α,β-unsaturated/α-hetero) is 1. The molecule has 0 aliphatic rings. The van der Waals surface area contributed by atoms with Crippen LogP contribution in [-0.2, 0) is 27.2 Å². The third-order valence-corrected chi connectivity index (χ3v) is 6.33. The molecule has 0 bridgehead atoms. The molecule has 0 amide bonds. The summed E-state index contributed by atoms with van der Waals surface area (Å²) < 4.78 is 17.0. The highest BCUT2D eigenvalue weighted by molar-refractivity contribution is 5.79. The lowest BCUT2D eigenvalue weighted by atomic mass is 9.87. The van der Waals surface area contributed by atoms with Gasteiger partial charge in [0.2, 0.25) is 0 Å². The number of rotatable bonds is 15. The second-order valence-corrected chi connectivity index (χ2v) is 9.30. The van der Waals surface area contributed by atoms with Gasteiger partial charge in [0.05, 0.1) is 7.11 Å². The number of aromatic amines is 1. The molecule has 1 aromatic heterocycles. The van der Waals surface area contributed by atoms with E-state index in [2.05, 4.69) is 11.9 Å². The number of hydrogen-bond donors (Lipinski definition) is 2. The van der Waals surface area contributed by atoms with Crippen molar-refractivity contribution < 1.29 is 28.9 Å². The maximum Gasteiger partial charge on any atom is 0.302 e. The Bertz CT molecular complexity index is 1140. The fraction of sp³-hybridized carbons (Fsp3) is 0.400. The molecule has 2 aromatic carbocycles. The molecule has 37 heavy (non-hydrogen) atoms. The van der Waals surface area contributed by atoms with Gasteiger partial charge in [0.15, 0.2) is 11.5 Å². The fourth-order valence-corrected chi connectivity index (χ4v) is 4.43. The summed E-state index contributed by atoms with van der Waals surface area (Å²) in [4.78, 5) is 27.9. The Labute approximate surface area is 218 Å². The average Bonchev–Trinajstić information content (AvgIpc) is 3.38. The Morgan fingerprint density at radius 1 is 1.05 bits per heavy atom. The number of nitrogens with one attached hydrogen (secondary N) is 1. The van der Waals surface area contributed by atoms with Crippen LogP contribution in [0.4, 0.5) is 0 Å². The minimum Gasteiger partial charge on any atom is -0.508 e. The number of ether oxygens (including phenoxy) is 3. The summed E-state index contributed by atoms with van der Waals surface area (Å²) in [5, 5.41) is 9.66. The molecule has 3 aromatic rings. The number of H-pyrrole nitrogens is 1. The van der Waals surface area contributed by atoms with Gasteiger partial charge >= 0.3 is 5.97 Å². The first-order chi connectivity index (χ1) is 17.9. The van der Waals surface area contributed by atoms with Crippen LogP contribution in [0.3, 0.4) is 0 Å². The Morgan fingerprint density at radius 3 is 2.57 bits per heavy atom. The molecule has 3 rings (SSSR count). The lowest BCUT2D eigenvalue weighted by Gasteiger charge is -2.26. The number of carbonyl (C=O) groups is 2. The molecule has 2 atom stereocenters. The van der Waals surface area contributed by atoms with Crippen molar-refractivity contribution in [2.45, 2.75) is 64.9 Å². The average molecular weight is 508 g/mol. The normalized spacial score (nSPS) is 12.5. The van der Waals surface area contributed by atoms with E-state index in [1.165, 1.54) is 13.0 Å². The highest BCUT2D eigenvalue weighted by Gasteiger charge is 2.27. The molecule has 7 heteroatoms. The van der Waals surface area contributed by atoms with E-state index in [1.807, 2.05) is 30.6 Å². The highest BCUT2D eigenvalue weighted by Crippen LogP contribution is 2.34. The molecule has 0 aliphatic carbocycles. The third-order valence-electron chi connectivity index (χ3n) is 6.33. The van der Waals surface area contributed by atoms with Gasteiger partial charge in [-0.1, -0.05) is 31.9 Å². The molecule has 0 fully saturated rings. The first kappa shape index (κ1) is 27.8. The van der Waals surface area contributed by atoms with Crippen LogP contribution < -0.4 is 9.47 Å². The lowest BCUT2D eigenvalue weighted by Crippen LogP contribution is -2.30. The number of aromatic hydroxyl groups is 1. The van der Waals surface area contributed by atoms with Crippen molar-refractivity contribution in [2.75, 3.05) is 7.11 Å². The summed E-state index contributed by atoms with van der Waals surface area (Å²) in [7, 11) is 1.56. The van der Waals surface area contributed by atoms with Crippen LogP contribution in [0.1, 0.15) is 57.1 Å². The van der Waals surface area contributed by atoms with Crippen molar-refractivity contribution in [3.8, 4) is 23.0 Å². The molecule has 7 nitrogen and oxygen atoms in total. The molecular formula is C30H37NO6. The third kappa shape index (κ3) is 9.01. The number of methoxy groups -OCH3 is 1. The summed E-state index contributed by atoms with van der Waals surface area (Å²) in [5.74, 6) is 1.44. The number of esters is 1. The monoisotopic (exact) mass is 507 g/mol. The second kappa shape index (κ2) is 14.1. The zero-order valence-electron chi connectivity index (χ0n) is 21.9. The number of hydrogen-bond acceptors (Lipinski definition) is 6. The van der Waals surface area contributed by atoms with Gasteiger partial charge in [-0.05, 0) is 60.7 Å². The maximum atomic E-state index is 13.0. The van der Waals surface area contributed by atoms with Gasteiger partial charge in [-0.25, -0.2) is 0 Å². The number of aryl methyl sites for hydroxylation is 1. The molecule has 0 aliphatic heterocycles. The minimum absolute atomic E-state index is 0.0564. The molecule has 2 N–H and O–H groups in total. The van der Waals surface area contributed by atoms with Crippen molar-refractivity contribution in [3.63, 3.8) is 0 Å². The largest absolute Gasteiger partial charge is 0.508 e. The summed E-state index contributed by atoms with van der Waals surface area (Å²) in [6.07, 6.45) is 8.16. The van der Waals surface area contributed by atoms with E-state index in [0.29, 0.717) is 30.1 Å². The van der Waals surface area contributed by atoms with Gasteiger partial charge in [0, 0.05) is 44.1 Å². The number of phenols is 1. The van der Waals surface area contributed by atoms with Crippen LogP contribution in [0.25, 0.3) is 0 Å². The van der Waals surface area contributed by atoms with E-state index in [-0.39, 0.29) is 29.8 Å². The lowest BCUT2D eigenvalue weighted by molar-refractivity contribution is -0.150. The SMILES string of the molecule is CCCCC(Cc1cc[nH]c1)C(CC(=O)CCc1ccc(Oc2cccc(O)c2)c(OC)c1)OC(C)=O. The number of benzene rings is 2. The Hall–Kier alpha value is -3.74. The number of carbonyl (C=O) groups excluding carboxylic acids is 2. The minimum atomic E-state index is -0.445. The van der Waals surface area contributed by atoms with Gasteiger partial charge in [0.1, 0.15) is 23.4 Å². The summed E-state index contributed by atoms with van der Waals surface area (Å²) >= 11 is 0. The standard InChI is InChI=1S/C30H37NO6/c1-4-5-7-24(16-23-14-15-31-20-23)29(36-21(2)32)19-26(34)12-10-22-11-13-28(30(17-22)35-3)37-27-9-6-8-25(33)18-27/h6,8-9,11,13-15,17-18,20,24,29,31,33H,4-5,7,10,12,16,19H2,1-3H3. The molecular weight excluding hydrogens is 470 g/mol. The van der Waals surface area contributed by atoms with Gasteiger partial charge in [0.25, 0.3) is 0 Å². The van der Waals surface area contributed by atoms with Crippen molar-refractivity contribution in [1.29, 1.82) is 0 Å². The van der Waals surface area contributed by atoms with E-state index in [4.69, 9.17) is 14.2 Å². The van der Waals surface area contributed by atoms with Crippen LogP contribution in [0.15, 0.2) is 60.9 Å².